The quantitative estimate of drug-likeness (QED) is 0.643. The zero-order valence-corrected chi connectivity index (χ0v) is 13.5. The Hall–Kier alpha value is -2.62. The lowest BCUT2D eigenvalue weighted by molar-refractivity contribution is 0.244. The summed E-state index contributed by atoms with van der Waals surface area (Å²) in [5, 5.41) is 0.935. The molecule has 0 radical (unpaired) electrons. The molecule has 118 valence electrons. The van der Waals surface area contributed by atoms with Gasteiger partial charge in [0.15, 0.2) is 0 Å². The highest BCUT2D eigenvalue weighted by Gasteiger charge is 2.04. The topological polar surface area (TPSA) is 44.2 Å². The van der Waals surface area contributed by atoms with Gasteiger partial charge in [-0.2, -0.15) is 0 Å². The van der Waals surface area contributed by atoms with Crippen LogP contribution in [0.1, 0.15) is 17.5 Å². The summed E-state index contributed by atoms with van der Waals surface area (Å²) in [6.45, 7) is 5.36. The molecular formula is C19H20N2O2. The second-order valence-corrected chi connectivity index (χ2v) is 5.49. The zero-order chi connectivity index (χ0) is 16.1. The molecule has 4 nitrogen and oxygen atoms in total. The van der Waals surface area contributed by atoms with Crippen LogP contribution in [0.25, 0.3) is 10.9 Å². The van der Waals surface area contributed by atoms with Gasteiger partial charge in [-0.05, 0) is 49.2 Å². The molecule has 23 heavy (non-hydrogen) atoms. The highest BCUT2D eigenvalue weighted by molar-refractivity contribution is 5.82. The molecule has 0 fully saturated rings. The van der Waals surface area contributed by atoms with Crippen LogP contribution in [0, 0.1) is 13.8 Å². The standard InChI is InChI=1S/C19H20N2O2/c1-14-8-9-16(12-15(14)2)22-10-5-11-23-19-17-6-3-4-7-18(17)20-13-21-19/h3-4,6-9,12-13H,5,10-11H2,1-2H3. The summed E-state index contributed by atoms with van der Waals surface area (Å²) < 4.78 is 11.5. The van der Waals surface area contributed by atoms with Crippen molar-refractivity contribution >= 4 is 10.9 Å². The first-order valence-electron chi connectivity index (χ1n) is 7.76. The van der Waals surface area contributed by atoms with E-state index in [1.54, 1.807) is 0 Å². The van der Waals surface area contributed by atoms with Crippen LogP contribution in [0.2, 0.25) is 0 Å². The van der Waals surface area contributed by atoms with Crippen molar-refractivity contribution in [2.24, 2.45) is 0 Å². The van der Waals surface area contributed by atoms with Crippen LogP contribution in [-0.4, -0.2) is 23.2 Å². The number of aryl methyl sites for hydroxylation is 2. The minimum absolute atomic E-state index is 0.561. The molecule has 3 aromatic rings. The molecule has 0 unspecified atom stereocenters. The van der Waals surface area contributed by atoms with Crippen LogP contribution in [0.3, 0.4) is 0 Å². The Labute approximate surface area is 136 Å². The second kappa shape index (κ2) is 7.09. The van der Waals surface area contributed by atoms with Crippen molar-refractivity contribution in [3.63, 3.8) is 0 Å². The second-order valence-electron chi connectivity index (χ2n) is 5.49. The summed E-state index contributed by atoms with van der Waals surface area (Å²) in [6, 6.07) is 14.0. The number of para-hydroxylation sites is 1. The maximum absolute atomic E-state index is 5.77. The van der Waals surface area contributed by atoms with E-state index in [2.05, 4.69) is 35.9 Å². The molecule has 0 saturated heterocycles. The third kappa shape index (κ3) is 3.77. The Morgan fingerprint density at radius 2 is 1.70 bits per heavy atom. The van der Waals surface area contributed by atoms with E-state index in [0.717, 1.165) is 23.1 Å². The molecule has 0 spiro atoms. The molecule has 4 heteroatoms. The predicted molar refractivity (Wildman–Crippen MR) is 91.1 cm³/mol. The smallest absolute Gasteiger partial charge is 0.224 e. The number of nitrogens with zero attached hydrogens (tertiary/aromatic N) is 2. The number of ether oxygens (including phenoxy) is 2. The molecule has 0 N–H and O–H groups in total. The molecule has 0 aliphatic carbocycles. The number of aromatic nitrogens is 2. The maximum atomic E-state index is 5.77. The molecule has 2 aromatic carbocycles. The fourth-order valence-electron chi connectivity index (χ4n) is 2.32. The first-order chi connectivity index (χ1) is 11.2. The lowest BCUT2D eigenvalue weighted by Crippen LogP contribution is -2.06. The van der Waals surface area contributed by atoms with Gasteiger partial charge in [-0.25, -0.2) is 9.97 Å². The summed E-state index contributed by atoms with van der Waals surface area (Å²) >= 11 is 0. The van der Waals surface area contributed by atoms with E-state index < -0.39 is 0 Å². The molecule has 0 amide bonds. The number of fused-ring (bicyclic) bond motifs is 1. The third-order valence-electron chi connectivity index (χ3n) is 3.78. The molecule has 3 rings (SSSR count). The highest BCUT2D eigenvalue weighted by Crippen LogP contribution is 2.20. The maximum Gasteiger partial charge on any atom is 0.224 e. The van der Waals surface area contributed by atoms with E-state index >= 15 is 0 Å². The Morgan fingerprint density at radius 1 is 0.870 bits per heavy atom. The van der Waals surface area contributed by atoms with Crippen molar-refractivity contribution in [3.8, 4) is 11.6 Å². The van der Waals surface area contributed by atoms with Crippen molar-refractivity contribution < 1.29 is 9.47 Å². The van der Waals surface area contributed by atoms with Gasteiger partial charge in [-0.1, -0.05) is 18.2 Å². The van der Waals surface area contributed by atoms with Gasteiger partial charge in [-0.3, -0.25) is 0 Å². The molecule has 0 saturated carbocycles. The summed E-state index contributed by atoms with van der Waals surface area (Å²) in [7, 11) is 0. The first kappa shape index (κ1) is 15.3. The van der Waals surface area contributed by atoms with Gasteiger partial charge in [0.05, 0.1) is 24.1 Å². The van der Waals surface area contributed by atoms with Gasteiger partial charge in [-0.15, -0.1) is 0 Å². The van der Waals surface area contributed by atoms with E-state index in [0.29, 0.717) is 19.1 Å². The lowest BCUT2D eigenvalue weighted by atomic mass is 10.1. The average Bonchev–Trinajstić information content (AvgIpc) is 2.58. The fraction of sp³-hybridized carbons (Fsp3) is 0.263. The van der Waals surface area contributed by atoms with Gasteiger partial charge in [0, 0.05) is 6.42 Å². The summed E-state index contributed by atoms with van der Waals surface area (Å²) in [5.41, 5.74) is 3.41. The van der Waals surface area contributed by atoms with E-state index in [1.165, 1.54) is 17.5 Å². The van der Waals surface area contributed by atoms with Gasteiger partial charge >= 0.3 is 0 Å². The molecule has 0 atom stereocenters. The van der Waals surface area contributed by atoms with Crippen LogP contribution in [0.15, 0.2) is 48.8 Å². The number of hydrogen-bond donors (Lipinski definition) is 0. The Morgan fingerprint density at radius 3 is 2.57 bits per heavy atom. The first-order valence-corrected chi connectivity index (χ1v) is 7.76. The van der Waals surface area contributed by atoms with Crippen LogP contribution >= 0.6 is 0 Å². The van der Waals surface area contributed by atoms with Crippen LogP contribution in [0.5, 0.6) is 11.6 Å². The van der Waals surface area contributed by atoms with Gasteiger partial charge in [0.1, 0.15) is 12.1 Å². The SMILES string of the molecule is Cc1ccc(OCCCOc2ncnc3ccccc23)cc1C. The van der Waals surface area contributed by atoms with E-state index in [-0.39, 0.29) is 0 Å². The van der Waals surface area contributed by atoms with Crippen molar-refractivity contribution in [1.82, 2.24) is 9.97 Å². The van der Waals surface area contributed by atoms with Crippen molar-refractivity contribution in [1.29, 1.82) is 0 Å². The van der Waals surface area contributed by atoms with E-state index in [4.69, 9.17) is 9.47 Å². The molecule has 0 bridgehead atoms. The minimum Gasteiger partial charge on any atom is -0.493 e. The number of benzene rings is 2. The normalized spacial score (nSPS) is 10.7. The van der Waals surface area contributed by atoms with Crippen LogP contribution in [-0.2, 0) is 0 Å². The summed E-state index contributed by atoms with van der Waals surface area (Å²) in [5.74, 6) is 1.53. The minimum atomic E-state index is 0.561. The lowest BCUT2D eigenvalue weighted by Gasteiger charge is -2.10. The number of hydrogen-bond acceptors (Lipinski definition) is 4. The summed E-state index contributed by atoms with van der Waals surface area (Å²) in [4.78, 5) is 8.44. The molecular weight excluding hydrogens is 288 g/mol. The van der Waals surface area contributed by atoms with Gasteiger partial charge in [0.2, 0.25) is 5.88 Å². The molecule has 0 aliphatic heterocycles. The number of rotatable bonds is 6. The Kier molecular flexibility index (Phi) is 4.71. The van der Waals surface area contributed by atoms with Crippen molar-refractivity contribution in [2.45, 2.75) is 20.3 Å². The van der Waals surface area contributed by atoms with E-state index in [1.807, 2.05) is 30.3 Å². The van der Waals surface area contributed by atoms with Crippen LogP contribution < -0.4 is 9.47 Å². The third-order valence-corrected chi connectivity index (χ3v) is 3.78. The van der Waals surface area contributed by atoms with E-state index in [9.17, 15) is 0 Å². The predicted octanol–water partition coefficient (Wildman–Crippen LogP) is 4.09. The Balaban J connectivity index is 1.50. The zero-order valence-electron chi connectivity index (χ0n) is 13.5. The van der Waals surface area contributed by atoms with Crippen molar-refractivity contribution in [3.05, 3.63) is 59.9 Å². The van der Waals surface area contributed by atoms with Gasteiger partial charge < -0.3 is 9.47 Å². The van der Waals surface area contributed by atoms with Crippen molar-refractivity contribution in [2.75, 3.05) is 13.2 Å². The van der Waals surface area contributed by atoms with Gasteiger partial charge in [0.25, 0.3) is 0 Å². The average molecular weight is 308 g/mol. The molecule has 1 heterocycles. The molecule has 1 aromatic heterocycles. The monoisotopic (exact) mass is 308 g/mol. The molecule has 0 aliphatic rings. The Bertz CT molecular complexity index is 797. The highest BCUT2D eigenvalue weighted by atomic mass is 16.5. The summed E-state index contributed by atoms with van der Waals surface area (Å²) in [6.07, 6.45) is 2.33. The van der Waals surface area contributed by atoms with Crippen LogP contribution in [0.4, 0.5) is 0 Å². The largest absolute Gasteiger partial charge is 0.493 e. The fourth-order valence-corrected chi connectivity index (χ4v) is 2.32.